The number of hydrogen-bond acceptors (Lipinski definition) is 8. The standard InChI is InChI=1S/C27H36O8/c1-5-16-6-8-17(9-7-16)12-19-11-10-18(14-28)13-20(19)34-25-24(31)23(30)22(29)21(35-25)15-33-26(32)27(2,3)4/h6-11,13,21-25,28-31H,5,12,14-15H2,1-4H3/t21-,22-,23+,24-,25-/m1/s1. The second-order valence-corrected chi connectivity index (χ2v) is 9.93. The highest BCUT2D eigenvalue weighted by molar-refractivity contribution is 5.75. The predicted molar refractivity (Wildman–Crippen MR) is 129 cm³/mol. The number of aryl methyl sites for hydroxylation is 1. The van der Waals surface area contributed by atoms with Crippen LogP contribution in [-0.2, 0) is 33.7 Å². The zero-order valence-corrected chi connectivity index (χ0v) is 20.7. The van der Waals surface area contributed by atoms with Crippen LogP contribution in [0.5, 0.6) is 5.75 Å². The van der Waals surface area contributed by atoms with Crippen LogP contribution in [-0.4, -0.2) is 63.7 Å². The molecule has 0 unspecified atom stereocenters. The van der Waals surface area contributed by atoms with Crippen LogP contribution in [0.25, 0.3) is 0 Å². The van der Waals surface area contributed by atoms with Crippen molar-refractivity contribution in [1.82, 2.24) is 0 Å². The van der Waals surface area contributed by atoms with Gasteiger partial charge in [-0.1, -0.05) is 43.3 Å². The molecule has 2 aromatic rings. The molecule has 8 heteroatoms. The Labute approximate surface area is 206 Å². The van der Waals surface area contributed by atoms with Crippen LogP contribution in [0.2, 0.25) is 0 Å². The Morgan fingerprint density at radius 1 is 0.943 bits per heavy atom. The van der Waals surface area contributed by atoms with E-state index < -0.39 is 42.1 Å². The molecule has 2 aromatic carbocycles. The lowest BCUT2D eigenvalue weighted by atomic mass is 9.97. The fourth-order valence-corrected chi connectivity index (χ4v) is 3.72. The monoisotopic (exact) mass is 488 g/mol. The summed E-state index contributed by atoms with van der Waals surface area (Å²) in [5, 5.41) is 40.9. The topological polar surface area (TPSA) is 126 Å². The summed E-state index contributed by atoms with van der Waals surface area (Å²) in [6, 6.07) is 13.5. The number of benzene rings is 2. The van der Waals surface area contributed by atoms with Gasteiger partial charge in [0.25, 0.3) is 0 Å². The first-order valence-electron chi connectivity index (χ1n) is 11.9. The van der Waals surface area contributed by atoms with Gasteiger partial charge in [-0.3, -0.25) is 4.79 Å². The summed E-state index contributed by atoms with van der Waals surface area (Å²) in [5.74, 6) is -0.118. The van der Waals surface area contributed by atoms with Gasteiger partial charge in [-0.15, -0.1) is 0 Å². The Morgan fingerprint density at radius 3 is 2.17 bits per heavy atom. The van der Waals surface area contributed by atoms with E-state index in [1.807, 2.05) is 18.2 Å². The van der Waals surface area contributed by atoms with Crippen molar-refractivity contribution in [1.29, 1.82) is 0 Å². The average molecular weight is 489 g/mol. The molecule has 192 valence electrons. The Kier molecular flexibility index (Phi) is 8.90. The molecule has 3 rings (SSSR count). The minimum Gasteiger partial charge on any atom is -0.462 e. The van der Waals surface area contributed by atoms with Gasteiger partial charge in [-0.2, -0.15) is 0 Å². The first-order chi connectivity index (χ1) is 16.5. The summed E-state index contributed by atoms with van der Waals surface area (Å²) < 4.78 is 17.0. The van der Waals surface area contributed by atoms with Crippen molar-refractivity contribution < 1.29 is 39.4 Å². The molecule has 0 saturated carbocycles. The highest BCUT2D eigenvalue weighted by Crippen LogP contribution is 2.30. The number of ether oxygens (including phenoxy) is 3. The number of carbonyl (C=O) groups excluding carboxylic acids is 1. The lowest BCUT2D eigenvalue weighted by Gasteiger charge is -2.40. The molecule has 0 aliphatic carbocycles. The summed E-state index contributed by atoms with van der Waals surface area (Å²) in [4.78, 5) is 12.1. The maximum absolute atomic E-state index is 12.1. The molecule has 1 heterocycles. The molecule has 0 spiro atoms. The molecule has 1 aliphatic rings. The summed E-state index contributed by atoms with van der Waals surface area (Å²) in [5.41, 5.74) is 2.93. The van der Waals surface area contributed by atoms with E-state index in [2.05, 4.69) is 19.1 Å². The fourth-order valence-electron chi connectivity index (χ4n) is 3.72. The number of carbonyl (C=O) groups is 1. The first kappa shape index (κ1) is 27.1. The summed E-state index contributed by atoms with van der Waals surface area (Å²) >= 11 is 0. The van der Waals surface area contributed by atoms with E-state index in [1.54, 1.807) is 32.9 Å². The first-order valence-corrected chi connectivity index (χ1v) is 11.9. The van der Waals surface area contributed by atoms with Crippen LogP contribution >= 0.6 is 0 Å². The Morgan fingerprint density at radius 2 is 1.57 bits per heavy atom. The van der Waals surface area contributed by atoms with Crippen LogP contribution in [0.3, 0.4) is 0 Å². The molecule has 0 aromatic heterocycles. The second-order valence-electron chi connectivity index (χ2n) is 9.93. The molecule has 1 saturated heterocycles. The molecule has 8 nitrogen and oxygen atoms in total. The van der Waals surface area contributed by atoms with Gasteiger partial charge >= 0.3 is 5.97 Å². The summed E-state index contributed by atoms with van der Waals surface area (Å²) in [6.45, 7) is 6.67. The van der Waals surface area contributed by atoms with E-state index in [4.69, 9.17) is 14.2 Å². The molecule has 4 N–H and O–H groups in total. The van der Waals surface area contributed by atoms with E-state index in [0.29, 0.717) is 17.7 Å². The highest BCUT2D eigenvalue weighted by Gasteiger charge is 2.46. The minimum absolute atomic E-state index is 0.206. The SMILES string of the molecule is CCc1ccc(Cc2ccc(CO)cc2O[C@@H]2O[C@H](COC(=O)C(C)(C)C)[C@@H](O)[C@H](O)[C@H]2O)cc1. The van der Waals surface area contributed by atoms with Crippen molar-refractivity contribution in [2.75, 3.05) is 6.61 Å². The van der Waals surface area contributed by atoms with Crippen LogP contribution in [0.1, 0.15) is 49.9 Å². The quantitative estimate of drug-likeness (QED) is 0.417. The van der Waals surface area contributed by atoms with Crippen LogP contribution in [0.4, 0.5) is 0 Å². The van der Waals surface area contributed by atoms with Gasteiger partial charge < -0.3 is 34.6 Å². The molecule has 5 atom stereocenters. The predicted octanol–water partition coefficient (Wildman–Crippen LogP) is 2.11. The molecular weight excluding hydrogens is 452 g/mol. The van der Waals surface area contributed by atoms with Gasteiger partial charge in [-0.25, -0.2) is 0 Å². The minimum atomic E-state index is -1.57. The Balaban J connectivity index is 1.80. The van der Waals surface area contributed by atoms with Crippen LogP contribution in [0, 0.1) is 5.41 Å². The maximum Gasteiger partial charge on any atom is 0.311 e. The summed E-state index contributed by atoms with van der Waals surface area (Å²) in [6.07, 6.45) is -5.55. The fraction of sp³-hybridized carbons (Fsp3) is 0.519. The average Bonchev–Trinajstić information content (AvgIpc) is 2.84. The third kappa shape index (κ3) is 6.80. The molecule has 0 amide bonds. The lowest BCUT2D eigenvalue weighted by Crippen LogP contribution is -2.60. The molecule has 0 bridgehead atoms. The van der Waals surface area contributed by atoms with Crippen molar-refractivity contribution in [3.05, 3.63) is 64.7 Å². The number of rotatable bonds is 8. The molecule has 0 radical (unpaired) electrons. The van der Waals surface area contributed by atoms with Gasteiger partial charge in [0.1, 0.15) is 36.8 Å². The van der Waals surface area contributed by atoms with Gasteiger partial charge in [0, 0.05) is 6.42 Å². The normalized spacial score (nSPS) is 24.7. The van der Waals surface area contributed by atoms with Gasteiger partial charge in [0.05, 0.1) is 12.0 Å². The van der Waals surface area contributed by atoms with Crippen molar-refractivity contribution in [3.8, 4) is 5.75 Å². The zero-order chi connectivity index (χ0) is 25.8. The third-order valence-electron chi connectivity index (χ3n) is 6.04. The van der Waals surface area contributed by atoms with E-state index in [9.17, 15) is 25.2 Å². The van der Waals surface area contributed by atoms with Crippen LogP contribution < -0.4 is 4.74 Å². The Bertz CT molecular complexity index is 982. The molecule has 35 heavy (non-hydrogen) atoms. The van der Waals surface area contributed by atoms with Crippen molar-refractivity contribution in [3.63, 3.8) is 0 Å². The van der Waals surface area contributed by atoms with Crippen molar-refractivity contribution in [2.45, 2.75) is 77.8 Å². The highest BCUT2D eigenvalue weighted by atomic mass is 16.7. The van der Waals surface area contributed by atoms with E-state index in [1.165, 1.54) is 5.56 Å². The summed E-state index contributed by atoms with van der Waals surface area (Å²) in [7, 11) is 0. The number of esters is 1. The van der Waals surface area contributed by atoms with Crippen LogP contribution in [0.15, 0.2) is 42.5 Å². The Hall–Kier alpha value is -2.49. The number of aliphatic hydroxyl groups is 4. The van der Waals surface area contributed by atoms with Gasteiger partial charge in [0.2, 0.25) is 6.29 Å². The largest absolute Gasteiger partial charge is 0.462 e. The number of aliphatic hydroxyl groups excluding tert-OH is 4. The van der Waals surface area contributed by atoms with E-state index in [0.717, 1.165) is 17.5 Å². The zero-order valence-electron chi connectivity index (χ0n) is 20.7. The van der Waals surface area contributed by atoms with E-state index in [-0.39, 0.29) is 13.2 Å². The number of hydrogen-bond donors (Lipinski definition) is 4. The lowest BCUT2D eigenvalue weighted by molar-refractivity contribution is -0.279. The second kappa shape index (κ2) is 11.5. The maximum atomic E-state index is 12.1. The molecule has 1 aliphatic heterocycles. The molecular formula is C27H36O8. The smallest absolute Gasteiger partial charge is 0.311 e. The van der Waals surface area contributed by atoms with Gasteiger partial charge in [0.15, 0.2) is 0 Å². The van der Waals surface area contributed by atoms with Crippen molar-refractivity contribution >= 4 is 5.97 Å². The third-order valence-corrected chi connectivity index (χ3v) is 6.04. The van der Waals surface area contributed by atoms with E-state index >= 15 is 0 Å². The van der Waals surface area contributed by atoms with Crippen molar-refractivity contribution in [2.24, 2.45) is 5.41 Å². The van der Waals surface area contributed by atoms with Gasteiger partial charge in [-0.05, 0) is 55.5 Å². The molecule has 1 fully saturated rings.